The highest BCUT2D eigenvalue weighted by molar-refractivity contribution is 9.10. The number of anilines is 1. The number of benzene rings is 3. The minimum Gasteiger partial charge on any atom is -0.493 e. The molecule has 8 heteroatoms. The van der Waals surface area contributed by atoms with Crippen LogP contribution in [-0.2, 0) is 6.54 Å². The van der Waals surface area contributed by atoms with Gasteiger partial charge in [0.05, 0.1) is 23.4 Å². The molecule has 0 aliphatic carbocycles. The first-order valence-corrected chi connectivity index (χ1v) is 13.5. The van der Waals surface area contributed by atoms with Gasteiger partial charge in [-0.2, -0.15) is 0 Å². The molecule has 2 amide bonds. The second-order valence-electron chi connectivity index (χ2n) is 8.55. The molecule has 3 aromatic rings. The number of nitrogens with one attached hydrogen (secondary N) is 2. The fraction of sp³-hybridized carbons (Fsp3) is 0.276. The molecule has 0 unspecified atom stereocenters. The molecule has 0 aliphatic heterocycles. The van der Waals surface area contributed by atoms with Crippen LogP contribution in [0.4, 0.5) is 5.69 Å². The number of halogens is 1. The lowest BCUT2D eigenvalue weighted by atomic mass is 10.1. The van der Waals surface area contributed by atoms with Crippen LogP contribution in [0.2, 0.25) is 0 Å². The number of rotatable bonds is 11. The van der Waals surface area contributed by atoms with E-state index in [2.05, 4.69) is 33.5 Å². The standard InChI is InChI=1S/C29H32BrN3O3S/c1-3-4-5-11-18-36-26-17-16-22(30)19-24(26)28(35)32-29(37)33(2)25-15-10-9-14-23(25)27(34)31-20-21-12-7-6-8-13-21/h6-10,12-17,19H,3-5,11,18,20H2,1-2H3,(H,31,34)(H,32,35,37). The second-order valence-corrected chi connectivity index (χ2v) is 9.86. The Kier molecular flexibility index (Phi) is 11.1. The van der Waals surface area contributed by atoms with Crippen LogP contribution in [0.15, 0.2) is 77.3 Å². The zero-order valence-electron chi connectivity index (χ0n) is 21.1. The molecule has 0 aliphatic rings. The van der Waals surface area contributed by atoms with Crippen molar-refractivity contribution in [3.05, 3.63) is 94.0 Å². The number of hydrogen-bond acceptors (Lipinski definition) is 4. The molecule has 0 spiro atoms. The summed E-state index contributed by atoms with van der Waals surface area (Å²) >= 11 is 8.98. The quantitative estimate of drug-likeness (QED) is 0.200. The third-order valence-corrected chi connectivity index (χ3v) is 6.64. The zero-order chi connectivity index (χ0) is 26.6. The summed E-state index contributed by atoms with van der Waals surface area (Å²) in [6, 6.07) is 22.2. The Bertz CT molecular complexity index is 1220. The molecule has 0 fully saturated rings. The average molecular weight is 583 g/mol. The molecule has 6 nitrogen and oxygen atoms in total. The number of ether oxygens (including phenoxy) is 1. The minimum absolute atomic E-state index is 0.169. The summed E-state index contributed by atoms with van der Waals surface area (Å²) in [5, 5.41) is 5.90. The van der Waals surface area contributed by atoms with Gasteiger partial charge in [-0.3, -0.25) is 14.9 Å². The summed E-state index contributed by atoms with van der Waals surface area (Å²) in [6.07, 6.45) is 4.31. The highest BCUT2D eigenvalue weighted by atomic mass is 79.9. The number of para-hydroxylation sites is 1. The van der Waals surface area contributed by atoms with E-state index < -0.39 is 0 Å². The smallest absolute Gasteiger partial charge is 0.261 e. The maximum absolute atomic E-state index is 13.2. The van der Waals surface area contributed by atoms with Crippen molar-refractivity contribution in [1.82, 2.24) is 10.6 Å². The summed E-state index contributed by atoms with van der Waals surface area (Å²) in [4.78, 5) is 27.8. The topological polar surface area (TPSA) is 70.7 Å². The molecule has 3 aromatic carbocycles. The lowest BCUT2D eigenvalue weighted by Gasteiger charge is -2.23. The first kappa shape index (κ1) is 28.3. The number of carbonyl (C=O) groups excluding carboxylic acids is 2. The van der Waals surface area contributed by atoms with Crippen molar-refractivity contribution in [3.8, 4) is 5.75 Å². The number of thiocarbonyl (C=S) groups is 1. The van der Waals surface area contributed by atoms with Gasteiger partial charge in [-0.25, -0.2) is 0 Å². The number of unbranched alkanes of at least 4 members (excludes halogenated alkanes) is 3. The Labute approximate surface area is 232 Å². The maximum atomic E-state index is 13.2. The molecular formula is C29H32BrN3O3S. The SMILES string of the molecule is CCCCCCOc1ccc(Br)cc1C(=O)NC(=S)N(C)c1ccccc1C(=O)NCc1ccccc1. The molecule has 0 radical (unpaired) electrons. The molecule has 0 aromatic heterocycles. The van der Waals surface area contributed by atoms with E-state index in [1.165, 1.54) is 0 Å². The third-order valence-electron chi connectivity index (χ3n) is 5.77. The van der Waals surface area contributed by atoms with Crippen molar-refractivity contribution in [1.29, 1.82) is 0 Å². The van der Waals surface area contributed by atoms with Gasteiger partial charge in [0.15, 0.2) is 5.11 Å². The Hall–Kier alpha value is -3.23. The summed E-state index contributed by atoms with van der Waals surface area (Å²) in [7, 11) is 1.72. The number of nitrogens with zero attached hydrogens (tertiary/aromatic N) is 1. The molecule has 37 heavy (non-hydrogen) atoms. The van der Waals surface area contributed by atoms with Gasteiger partial charge in [-0.1, -0.05) is 84.6 Å². The lowest BCUT2D eigenvalue weighted by molar-refractivity contribution is 0.0949. The molecule has 0 saturated heterocycles. The van der Waals surface area contributed by atoms with Crippen molar-refractivity contribution < 1.29 is 14.3 Å². The van der Waals surface area contributed by atoms with Gasteiger partial charge in [-0.05, 0) is 54.5 Å². The van der Waals surface area contributed by atoms with Crippen LogP contribution in [0.1, 0.15) is 58.9 Å². The van der Waals surface area contributed by atoms with E-state index in [1.807, 2.05) is 42.5 Å². The van der Waals surface area contributed by atoms with Crippen LogP contribution in [0.3, 0.4) is 0 Å². The van der Waals surface area contributed by atoms with E-state index in [9.17, 15) is 9.59 Å². The molecule has 194 valence electrons. The van der Waals surface area contributed by atoms with Gasteiger partial charge in [-0.15, -0.1) is 0 Å². The normalized spacial score (nSPS) is 10.5. The van der Waals surface area contributed by atoms with Crippen molar-refractivity contribution in [3.63, 3.8) is 0 Å². The van der Waals surface area contributed by atoms with Crippen LogP contribution in [0.25, 0.3) is 0 Å². The Morgan fingerprint density at radius 1 is 0.919 bits per heavy atom. The summed E-state index contributed by atoms with van der Waals surface area (Å²) in [5.74, 6) is -0.109. The van der Waals surface area contributed by atoms with E-state index in [4.69, 9.17) is 17.0 Å². The summed E-state index contributed by atoms with van der Waals surface area (Å²) in [6.45, 7) is 3.11. The predicted octanol–water partition coefficient (Wildman–Crippen LogP) is 6.49. The largest absolute Gasteiger partial charge is 0.493 e. The number of hydrogen-bond donors (Lipinski definition) is 2. The average Bonchev–Trinajstić information content (AvgIpc) is 2.92. The molecule has 2 N–H and O–H groups in total. The molecular weight excluding hydrogens is 550 g/mol. The van der Waals surface area contributed by atoms with Crippen LogP contribution < -0.4 is 20.3 Å². The molecule has 3 rings (SSSR count). The highest BCUT2D eigenvalue weighted by Gasteiger charge is 2.20. The Morgan fingerprint density at radius 3 is 2.41 bits per heavy atom. The molecule has 0 atom stereocenters. The molecule has 0 heterocycles. The van der Waals surface area contributed by atoms with Gasteiger partial charge in [0.1, 0.15) is 5.75 Å². The first-order chi connectivity index (χ1) is 17.9. The van der Waals surface area contributed by atoms with Crippen molar-refractivity contribution in [2.75, 3.05) is 18.6 Å². The van der Waals surface area contributed by atoms with Gasteiger partial charge in [0.2, 0.25) is 0 Å². The monoisotopic (exact) mass is 581 g/mol. The third kappa shape index (κ3) is 8.40. The van der Waals surface area contributed by atoms with E-state index in [0.717, 1.165) is 35.7 Å². The summed E-state index contributed by atoms with van der Waals surface area (Å²) in [5.41, 5.74) is 2.42. The fourth-order valence-corrected chi connectivity index (χ4v) is 4.26. The molecule has 0 saturated carbocycles. The van der Waals surface area contributed by atoms with E-state index in [1.54, 1.807) is 42.3 Å². The van der Waals surface area contributed by atoms with Crippen molar-refractivity contribution in [2.24, 2.45) is 0 Å². The van der Waals surface area contributed by atoms with E-state index in [-0.39, 0.29) is 16.9 Å². The van der Waals surface area contributed by atoms with Crippen LogP contribution in [0, 0.1) is 0 Å². The van der Waals surface area contributed by atoms with Gasteiger partial charge in [0, 0.05) is 18.1 Å². The van der Waals surface area contributed by atoms with Crippen LogP contribution in [-0.4, -0.2) is 30.6 Å². The lowest BCUT2D eigenvalue weighted by Crippen LogP contribution is -2.41. The Morgan fingerprint density at radius 2 is 1.65 bits per heavy atom. The predicted molar refractivity (Wildman–Crippen MR) is 156 cm³/mol. The van der Waals surface area contributed by atoms with Gasteiger partial charge < -0.3 is 15.0 Å². The minimum atomic E-state index is -0.382. The molecule has 0 bridgehead atoms. The van der Waals surface area contributed by atoms with Crippen molar-refractivity contribution >= 4 is 50.8 Å². The zero-order valence-corrected chi connectivity index (χ0v) is 23.5. The summed E-state index contributed by atoms with van der Waals surface area (Å²) < 4.78 is 6.67. The highest BCUT2D eigenvalue weighted by Crippen LogP contribution is 2.24. The second kappa shape index (κ2) is 14.5. The number of amides is 2. The Balaban J connectivity index is 1.68. The fourth-order valence-electron chi connectivity index (χ4n) is 3.71. The first-order valence-electron chi connectivity index (χ1n) is 12.3. The van der Waals surface area contributed by atoms with Crippen LogP contribution >= 0.6 is 28.1 Å². The van der Waals surface area contributed by atoms with Crippen LogP contribution in [0.5, 0.6) is 5.75 Å². The number of carbonyl (C=O) groups is 2. The van der Waals surface area contributed by atoms with E-state index >= 15 is 0 Å². The van der Waals surface area contributed by atoms with Crippen molar-refractivity contribution in [2.45, 2.75) is 39.2 Å². The maximum Gasteiger partial charge on any atom is 0.261 e. The van der Waals surface area contributed by atoms with Gasteiger partial charge >= 0.3 is 0 Å². The van der Waals surface area contributed by atoms with Gasteiger partial charge in [0.25, 0.3) is 11.8 Å². The van der Waals surface area contributed by atoms with E-state index in [0.29, 0.717) is 35.7 Å².